The van der Waals surface area contributed by atoms with E-state index in [1.54, 1.807) is 47.5 Å². The van der Waals surface area contributed by atoms with E-state index in [0.29, 0.717) is 17.9 Å². The Morgan fingerprint density at radius 2 is 2.00 bits per heavy atom. The second-order valence-electron chi connectivity index (χ2n) is 4.62. The highest BCUT2D eigenvalue weighted by Crippen LogP contribution is 2.24. The summed E-state index contributed by atoms with van der Waals surface area (Å²) in [6.45, 7) is 0.750. The number of aromatic amines is 1. The molecule has 1 N–H and O–H groups in total. The zero-order chi connectivity index (χ0) is 13.9. The highest BCUT2D eigenvalue weighted by atomic mass is 16.5. The molecule has 102 valence electrons. The molecule has 1 aromatic heterocycles. The molecule has 5 nitrogen and oxygen atoms in total. The van der Waals surface area contributed by atoms with Gasteiger partial charge in [-0.2, -0.15) is 0 Å². The molecule has 0 aliphatic carbocycles. The van der Waals surface area contributed by atoms with Crippen molar-refractivity contribution in [3.63, 3.8) is 0 Å². The van der Waals surface area contributed by atoms with Gasteiger partial charge in [0.2, 0.25) is 5.91 Å². The predicted octanol–water partition coefficient (Wildman–Crippen LogP) is 2.36. The summed E-state index contributed by atoms with van der Waals surface area (Å²) in [5, 5.41) is 0. The van der Waals surface area contributed by atoms with Crippen LogP contribution in [0, 0.1) is 0 Å². The van der Waals surface area contributed by atoms with E-state index in [2.05, 4.69) is 4.98 Å². The van der Waals surface area contributed by atoms with E-state index in [9.17, 15) is 9.59 Å². The van der Waals surface area contributed by atoms with E-state index in [0.717, 1.165) is 18.7 Å². The molecule has 20 heavy (non-hydrogen) atoms. The second-order valence-corrected chi connectivity index (χ2v) is 4.62. The Kier molecular flexibility index (Phi) is 3.25. The monoisotopic (exact) mass is 270 g/mol. The molecule has 1 aromatic carbocycles. The Labute approximate surface area is 116 Å². The van der Waals surface area contributed by atoms with E-state index in [1.165, 1.54) is 0 Å². The van der Waals surface area contributed by atoms with Crippen LogP contribution in [0.1, 0.15) is 23.3 Å². The first-order valence-corrected chi connectivity index (χ1v) is 6.50. The zero-order valence-electron chi connectivity index (χ0n) is 10.8. The first-order valence-electron chi connectivity index (χ1n) is 6.50. The minimum absolute atomic E-state index is 0.140. The van der Waals surface area contributed by atoms with E-state index >= 15 is 0 Å². The van der Waals surface area contributed by atoms with Crippen molar-refractivity contribution in [2.75, 3.05) is 11.4 Å². The average Bonchev–Trinajstić information content (AvgIpc) is 3.11. The summed E-state index contributed by atoms with van der Waals surface area (Å²) in [5.74, 6) is 0.168. The Morgan fingerprint density at radius 3 is 2.60 bits per heavy atom. The Bertz CT molecular complexity index is 617. The van der Waals surface area contributed by atoms with E-state index in [4.69, 9.17) is 4.74 Å². The van der Waals surface area contributed by atoms with Crippen LogP contribution in [0.15, 0.2) is 42.6 Å². The lowest BCUT2D eigenvalue weighted by molar-refractivity contribution is -0.117. The third kappa shape index (κ3) is 2.42. The lowest BCUT2D eigenvalue weighted by Crippen LogP contribution is -2.23. The zero-order valence-corrected chi connectivity index (χ0v) is 10.8. The summed E-state index contributed by atoms with van der Waals surface area (Å²) < 4.78 is 5.23. The maximum Gasteiger partial charge on any atom is 0.360 e. The van der Waals surface area contributed by atoms with Crippen LogP contribution in [0.2, 0.25) is 0 Å². The molecule has 0 atom stereocenters. The lowest BCUT2D eigenvalue weighted by atomic mass is 10.3. The second kappa shape index (κ2) is 5.21. The first kappa shape index (κ1) is 12.5. The van der Waals surface area contributed by atoms with Gasteiger partial charge in [0.15, 0.2) is 0 Å². The molecule has 1 saturated heterocycles. The van der Waals surface area contributed by atoms with Crippen LogP contribution in [0.5, 0.6) is 5.75 Å². The van der Waals surface area contributed by atoms with Gasteiger partial charge in [0, 0.05) is 24.8 Å². The van der Waals surface area contributed by atoms with Gasteiger partial charge < -0.3 is 14.6 Å². The highest BCUT2D eigenvalue weighted by molar-refractivity contribution is 5.95. The van der Waals surface area contributed by atoms with E-state index < -0.39 is 5.97 Å². The molecule has 5 heteroatoms. The van der Waals surface area contributed by atoms with Crippen molar-refractivity contribution in [3.05, 3.63) is 48.3 Å². The summed E-state index contributed by atoms with van der Waals surface area (Å²) in [7, 11) is 0. The van der Waals surface area contributed by atoms with Crippen molar-refractivity contribution in [2.45, 2.75) is 12.8 Å². The van der Waals surface area contributed by atoms with Crippen molar-refractivity contribution >= 4 is 17.6 Å². The molecule has 0 unspecified atom stereocenters. The number of amides is 1. The molecular weight excluding hydrogens is 256 g/mol. The molecule has 0 radical (unpaired) electrons. The van der Waals surface area contributed by atoms with Crippen LogP contribution in [0.4, 0.5) is 5.69 Å². The summed E-state index contributed by atoms with van der Waals surface area (Å²) in [6, 6.07) is 10.4. The summed E-state index contributed by atoms with van der Waals surface area (Å²) in [6.07, 6.45) is 3.16. The fourth-order valence-electron chi connectivity index (χ4n) is 2.23. The summed E-state index contributed by atoms with van der Waals surface area (Å²) in [5.41, 5.74) is 1.25. The number of H-pyrrole nitrogens is 1. The van der Waals surface area contributed by atoms with Gasteiger partial charge in [-0.1, -0.05) is 0 Å². The fourth-order valence-corrected chi connectivity index (χ4v) is 2.23. The van der Waals surface area contributed by atoms with Crippen molar-refractivity contribution in [1.82, 2.24) is 4.98 Å². The molecule has 0 bridgehead atoms. The maximum absolute atomic E-state index is 11.8. The largest absolute Gasteiger partial charge is 0.422 e. The van der Waals surface area contributed by atoms with E-state index in [1.807, 2.05) is 0 Å². The Morgan fingerprint density at radius 1 is 1.20 bits per heavy atom. The molecule has 2 heterocycles. The fraction of sp³-hybridized carbons (Fsp3) is 0.200. The first-order chi connectivity index (χ1) is 9.74. The van der Waals surface area contributed by atoms with Crippen molar-refractivity contribution < 1.29 is 14.3 Å². The molecule has 1 amide bonds. The normalized spacial score (nSPS) is 14.6. The highest BCUT2D eigenvalue weighted by Gasteiger charge is 2.21. The number of hydrogen-bond donors (Lipinski definition) is 1. The SMILES string of the molecule is O=C(Oc1ccc(N2CCCC2=O)cc1)c1ccc[nH]1. The van der Waals surface area contributed by atoms with Crippen LogP contribution in [0.25, 0.3) is 0 Å². The number of ether oxygens (including phenoxy) is 1. The predicted molar refractivity (Wildman–Crippen MR) is 73.8 cm³/mol. The number of anilines is 1. The lowest BCUT2D eigenvalue weighted by Gasteiger charge is -2.15. The number of benzene rings is 1. The van der Waals surface area contributed by atoms with Crippen LogP contribution >= 0.6 is 0 Å². The Balaban J connectivity index is 1.70. The smallest absolute Gasteiger partial charge is 0.360 e. The number of esters is 1. The topological polar surface area (TPSA) is 62.4 Å². The van der Waals surface area contributed by atoms with Gasteiger partial charge in [-0.15, -0.1) is 0 Å². The van der Waals surface area contributed by atoms with Crippen LogP contribution < -0.4 is 9.64 Å². The van der Waals surface area contributed by atoms with Crippen LogP contribution in [-0.2, 0) is 4.79 Å². The number of nitrogens with one attached hydrogen (secondary N) is 1. The molecule has 2 aromatic rings. The number of nitrogens with zero attached hydrogens (tertiary/aromatic N) is 1. The van der Waals surface area contributed by atoms with Gasteiger partial charge in [0.25, 0.3) is 0 Å². The Hall–Kier alpha value is -2.56. The summed E-state index contributed by atoms with van der Waals surface area (Å²) >= 11 is 0. The van der Waals surface area contributed by atoms with Crippen molar-refractivity contribution in [3.8, 4) is 5.75 Å². The third-order valence-electron chi connectivity index (χ3n) is 3.25. The average molecular weight is 270 g/mol. The molecule has 3 rings (SSSR count). The molecule has 1 aliphatic heterocycles. The molecule has 1 aliphatic rings. The standard InChI is InChI=1S/C15H14N2O3/c18-14-4-2-10-17(14)11-5-7-12(8-6-11)20-15(19)13-3-1-9-16-13/h1,3,5-9,16H,2,4,10H2. The van der Waals surface area contributed by atoms with E-state index in [-0.39, 0.29) is 5.91 Å². The third-order valence-corrected chi connectivity index (χ3v) is 3.25. The number of hydrogen-bond acceptors (Lipinski definition) is 3. The number of aromatic nitrogens is 1. The molecule has 0 spiro atoms. The van der Waals surface area contributed by atoms with Gasteiger partial charge in [-0.3, -0.25) is 4.79 Å². The van der Waals surface area contributed by atoms with Crippen molar-refractivity contribution in [1.29, 1.82) is 0 Å². The van der Waals surface area contributed by atoms with Gasteiger partial charge in [-0.05, 0) is 42.8 Å². The molecular formula is C15H14N2O3. The number of carbonyl (C=O) groups excluding carboxylic acids is 2. The molecule has 1 fully saturated rings. The summed E-state index contributed by atoms with van der Waals surface area (Å²) in [4.78, 5) is 27.9. The minimum Gasteiger partial charge on any atom is -0.422 e. The van der Waals surface area contributed by atoms with Crippen molar-refractivity contribution in [2.24, 2.45) is 0 Å². The quantitative estimate of drug-likeness (QED) is 0.688. The van der Waals surface area contributed by atoms with Gasteiger partial charge in [0.1, 0.15) is 11.4 Å². The van der Waals surface area contributed by atoms with Crippen LogP contribution in [0.3, 0.4) is 0 Å². The maximum atomic E-state index is 11.8. The van der Waals surface area contributed by atoms with Gasteiger partial charge >= 0.3 is 5.97 Å². The van der Waals surface area contributed by atoms with Gasteiger partial charge in [-0.25, -0.2) is 4.79 Å². The van der Waals surface area contributed by atoms with Crippen LogP contribution in [-0.4, -0.2) is 23.4 Å². The minimum atomic E-state index is -0.431. The number of rotatable bonds is 3. The van der Waals surface area contributed by atoms with Gasteiger partial charge in [0.05, 0.1) is 0 Å². The number of carbonyl (C=O) groups is 2. The molecule has 0 saturated carbocycles.